The Hall–Kier alpha value is -2.08. The number of rotatable bonds is 8. The molecular weight excluding hydrogens is 378 g/mol. The third-order valence-corrected chi connectivity index (χ3v) is 6.88. The van der Waals surface area contributed by atoms with Crippen LogP contribution in [0, 0.1) is 5.92 Å². The van der Waals surface area contributed by atoms with Crippen LogP contribution in [0.3, 0.4) is 0 Å². The summed E-state index contributed by atoms with van der Waals surface area (Å²) >= 11 is 0. The third-order valence-electron chi connectivity index (χ3n) is 6.88. The van der Waals surface area contributed by atoms with Gasteiger partial charge in [-0.1, -0.05) is 31.5 Å². The Morgan fingerprint density at radius 2 is 2.00 bits per heavy atom. The molecule has 1 aliphatic carbocycles. The van der Waals surface area contributed by atoms with Crippen LogP contribution in [0.2, 0.25) is 0 Å². The lowest BCUT2D eigenvalue weighted by Crippen LogP contribution is -2.50. The molecule has 1 N–H and O–H groups in total. The van der Waals surface area contributed by atoms with Crippen LogP contribution in [0.5, 0.6) is 5.75 Å². The van der Waals surface area contributed by atoms with Gasteiger partial charge < -0.3 is 15.0 Å². The molecule has 2 aliphatic heterocycles. The minimum atomic E-state index is -0.269. The summed E-state index contributed by atoms with van der Waals surface area (Å²) in [6.45, 7) is 4.85. The van der Waals surface area contributed by atoms with Crippen LogP contribution in [0.1, 0.15) is 63.5 Å². The van der Waals surface area contributed by atoms with Gasteiger partial charge in [0.1, 0.15) is 5.75 Å². The molecule has 0 bridgehead atoms. The van der Waals surface area contributed by atoms with Crippen molar-refractivity contribution in [3.8, 4) is 5.75 Å². The van der Waals surface area contributed by atoms with E-state index < -0.39 is 0 Å². The molecular formula is C24H35N3O3. The highest BCUT2D eigenvalue weighted by atomic mass is 16.5. The third kappa shape index (κ3) is 4.48. The lowest BCUT2D eigenvalue weighted by atomic mass is 9.82. The number of methoxy groups -OCH3 is 1. The summed E-state index contributed by atoms with van der Waals surface area (Å²) in [5.41, 5.74) is 0.940. The summed E-state index contributed by atoms with van der Waals surface area (Å²) in [5, 5.41) is 3.33. The zero-order valence-electron chi connectivity index (χ0n) is 18.3. The smallest absolute Gasteiger partial charge is 0.225 e. The molecule has 2 saturated heterocycles. The van der Waals surface area contributed by atoms with Crippen LogP contribution in [-0.2, 0) is 9.59 Å². The van der Waals surface area contributed by atoms with E-state index in [0.717, 1.165) is 49.7 Å². The number of benzene rings is 1. The van der Waals surface area contributed by atoms with E-state index in [0.29, 0.717) is 19.4 Å². The van der Waals surface area contributed by atoms with Crippen molar-refractivity contribution < 1.29 is 14.3 Å². The number of hydrogen-bond acceptors (Lipinski definition) is 4. The standard InChI is InChI=1S/C24H35N3O3/c1-3-4-14-27-22(28)12-11-20(23(27)19-7-5-6-8-21(19)30-2)24(29)25-17-13-15-26(16-17)18-9-10-18/h5-8,17-18,20,23H,3-4,9-16H2,1-2H3,(H,25,29). The fourth-order valence-electron chi connectivity index (χ4n) is 5.10. The minimum Gasteiger partial charge on any atom is -0.496 e. The molecule has 3 unspecified atom stereocenters. The second-order valence-corrected chi connectivity index (χ2v) is 8.99. The maximum absolute atomic E-state index is 13.4. The van der Waals surface area contributed by atoms with Crippen molar-refractivity contribution in [2.24, 2.45) is 5.92 Å². The molecule has 3 atom stereocenters. The molecule has 164 valence electrons. The van der Waals surface area contributed by atoms with Crippen LogP contribution in [-0.4, -0.2) is 60.4 Å². The maximum atomic E-state index is 13.4. The first-order valence-corrected chi connectivity index (χ1v) is 11.6. The quantitative estimate of drug-likeness (QED) is 0.711. The Morgan fingerprint density at radius 3 is 2.73 bits per heavy atom. The van der Waals surface area contributed by atoms with E-state index in [1.54, 1.807) is 7.11 Å². The molecule has 2 amide bonds. The van der Waals surface area contributed by atoms with E-state index in [2.05, 4.69) is 17.1 Å². The van der Waals surface area contributed by atoms with E-state index in [-0.39, 0.29) is 29.8 Å². The van der Waals surface area contributed by atoms with Gasteiger partial charge in [0.25, 0.3) is 0 Å². The zero-order valence-corrected chi connectivity index (χ0v) is 18.3. The number of nitrogens with zero attached hydrogens (tertiary/aromatic N) is 2. The Bertz CT molecular complexity index is 764. The molecule has 6 heteroatoms. The van der Waals surface area contributed by atoms with Gasteiger partial charge in [-0.3, -0.25) is 14.5 Å². The molecule has 1 aromatic carbocycles. The second kappa shape index (κ2) is 9.38. The van der Waals surface area contributed by atoms with Crippen molar-refractivity contribution in [2.75, 3.05) is 26.7 Å². The Balaban J connectivity index is 1.55. The van der Waals surface area contributed by atoms with Crippen molar-refractivity contribution >= 4 is 11.8 Å². The van der Waals surface area contributed by atoms with Crippen molar-refractivity contribution in [3.63, 3.8) is 0 Å². The summed E-state index contributed by atoms with van der Waals surface area (Å²) < 4.78 is 5.62. The number of para-hydroxylation sites is 1. The van der Waals surface area contributed by atoms with Crippen LogP contribution < -0.4 is 10.1 Å². The van der Waals surface area contributed by atoms with E-state index in [1.165, 1.54) is 12.8 Å². The first-order valence-electron chi connectivity index (χ1n) is 11.6. The van der Waals surface area contributed by atoms with Gasteiger partial charge in [0, 0.05) is 43.7 Å². The van der Waals surface area contributed by atoms with Crippen molar-refractivity contribution in [3.05, 3.63) is 29.8 Å². The van der Waals surface area contributed by atoms with Gasteiger partial charge in [-0.05, 0) is 38.2 Å². The van der Waals surface area contributed by atoms with E-state index in [4.69, 9.17) is 4.74 Å². The first-order chi connectivity index (χ1) is 14.6. The SMILES string of the molecule is CCCCN1C(=O)CCC(C(=O)NC2CCN(C3CC3)C2)C1c1ccccc1OC. The monoisotopic (exact) mass is 413 g/mol. The van der Waals surface area contributed by atoms with Crippen LogP contribution in [0.4, 0.5) is 0 Å². The lowest BCUT2D eigenvalue weighted by molar-refractivity contribution is -0.143. The summed E-state index contributed by atoms with van der Waals surface area (Å²) in [6.07, 6.45) is 6.60. The van der Waals surface area contributed by atoms with Gasteiger partial charge >= 0.3 is 0 Å². The van der Waals surface area contributed by atoms with Crippen molar-refractivity contribution in [1.82, 2.24) is 15.1 Å². The number of carbonyl (C=O) groups is 2. The highest BCUT2D eigenvalue weighted by molar-refractivity contribution is 5.85. The number of amides is 2. The topological polar surface area (TPSA) is 61.9 Å². The average molecular weight is 414 g/mol. The van der Waals surface area contributed by atoms with Crippen molar-refractivity contribution in [1.29, 1.82) is 0 Å². The lowest BCUT2D eigenvalue weighted by Gasteiger charge is -2.41. The Kier molecular flexibility index (Phi) is 6.61. The van der Waals surface area contributed by atoms with Gasteiger partial charge in [-0.15, -0.1) is 0 Å². The molecule has 30 heavy (non-hydrogen) atoms. The average Bonchev–Trinajstić information content (AvgIpc) is 3.51. The number of hydrogen-bond donors (Lipinski definition) is 1. The molecule has 2 heterocycles. The van der Waals surface area contributed by atoms with E-state index in [1.807, 2.05) is 29.2 Å². The molecule has 1 aromatic rings. The predicted molar refractivity (Wildman–Crippen MR) is 116 cm³/mol. The second-order valence-electron chi connectivity index (χ2n) is 8.99. The largest absolute Gasteiger partial charge is 0.496 e. The highest BCUT2D eigenvalue weighted by Gasteiger charge is 2.43. The van der Waals surface area contributed by atoms with Gasteiger partial charge in [-0.2, -0.15) is 0 Å². The van der Waals surface area contributed by atoms with Crippen LogP contribution in [0.25, 0.3) is 0 Å². The number of piperidine rings is 1. The fraction of sp³-hybridized carbons (Fsp3) is 0.667. The summed E-state index contributed by atoms with van der Waals surface area (Å²) in [6, 6.07) is 8.52. The number of unbranched alkanes of at least 4 members (excludes halogenated alkanes) is 1. The molecule has 0 spiro atoms. The molecule has 0 radical (unpaired) electrons. The Labute approximate surface area is 179 Å². The number of likely N-dealkylation sites (tertiary alicyclic amines) is 2. The van der Waals surface area contributed by atoms with Gasteiger partial charge in [0.05, 0.1) is 19.1 Å². The van der Waals surface area contributed by atoms with Crippen LogP contribution >= 0.6 is 0 Å². The molecule has 0 aromatic heterocycles. The van der Waals surface area contributed by atoms with Gasteiger partial charge in [0.15, 0.2) is 0 Å². The highest BCUT2D eigenvalue weighted by Crippen LogP contribution is 2.41. The summed E-state index contributed by atoms with van der Waals surface area (Å²) in [5.74, 6) is 0.731. The fourth-order valence-corrected chi connectivity index (χ4v) is 5.10. The molecule has 1 saturated carbocycles. The van der Waals surface area contributed by atoms with Crippen LogP contribution in [0.15, 0.2) is 24.3 Å². The summed E-state index contributed by atoms with van der Waals surface area (Å²) in [4.78, 5) is 30.8. The van der Waals surface area contributed by atoms with Crippen molar-refractivity contribution in [2.45, 2.75) is 70.0 Å². The van der Waals surface area contributed by atoms with Gasteiger partial charge in [-0.25, -0.2) is 0 Å². The number of nitrogens with one attached hydrogen (secondary N) is 1. The van der Waals surface area contributed by atoms with E-state index >= 15 is 0 Å². The molecule has 4 rings (SSSR count). The molecule has 3 fully saturated rings. The van der Waals surface area contributed by atoms with Gasteiger partial charge in [0.2, 0.25) is 11.8 Å². The molecule has 6 nitrogen and oxygen atoms in total. The zero-order chi connectivity index (χ0) is 21.1. The predicted octanol–water partition coefficient (Wildman–Crippen LogP) is 3.13. The number of carbonyl (C=O) groups excluding carboxylic acids is 2. The first kappa shape index (κ1) is 21.2. The summed E-state index contributed by atoms with van der Waals surface area (Å²) in [7, 11) is 1.65. The minimum absolute atomic E-state index is 0.0857. The molecule has 3 aliphatic rings. The van der Waals surface area contributed by atoms with E-state index in [9.17, 15) is 9.59 Å². The maximum Gasteiger partial charge on any atom is 0.225 e. The number of ether oxygens (including phenoxy) is 1. The Morgan fingerprint density at radius 1 is 1.20 bits per heavy atom. The normalized spacial score (nSPS) is 27.3.